The third-order valence-corrected chi connectivity index (χ3v) is 4.49. The van der Waals surface area contributed by atoms with E-state index in [-0.39, 0.29) is 30.7 Å². The SMILES string of the molecule is Cl.Cl.O=C(Nc1ccc(Nc2ccccc2)nc1)c1cn(C2CCNCC2)nn1. The maximum atomic E-state index is 12.4. The number of para-hydroxylation sites is 1. The zero-order valence-corrected chi connectivity index (χ0v) is 17.2. The molecule has 1 fully saturated rings. The lowest BCUT2D eigenvalue weighted by atomic mass is 10.1. The molecule has 4 rings (SSSR count). The number of halogens is 2. The molecule has 8 nitrogen and oxygen atoms in total. The zero-order valence-electron chi connectivity index (χ0n) is 15.6. The molecule has 0 unspecified atom stereocenters. The number of carbonyl (C=O) groups excluding carboxylic acids is 1. The van der Waals surface area contributed by atoms with Gasteiger partial charge in [-0.1, -0.05) is 23.4 Å². The van der Waals surface area contributed by atoms with E-state index in [1.165, 1.54) is 0 Å². The molecule has 2 aromatic heterocycles. The molecule has 3 N–H and O–H groups in total. The largest absolute Gasteiger partial charge is 0.340 e. The average Bonchev–Trinajstić information content (AvgIpc) is 3.21. The summed E-state index contributed by atoms with van der Waals surface area (Å²) in [5.74, 6) is 0.414. The van der Waals surface area contributed by atoms with E-state index in [1.54, 1.807) is 23.1 Å². The number of carbonyl (C=O) groups is 1. The highest BCUT2D eigenvalue weighted by Gasteiger charge is 2.18. The Morgan fingerprint density at radius 1 is 1.03 bits per heavy atom. The monoisotopic (exact) mass is 435 g/mol. The normalized spacial score (nSPS) is 13.7. The van der Waals surface area contributed by atoms with Crippen molar-refractivity contribution in [3.05, 3.63) is 60.6 Å². The van der Waals surface area contributed by atoms with Crippen molar-refractivity contribution < 1.29 is 4.79 Å². The Balaban J connectivity index is 0.00000150. The molecule has 0 radical (unpaired) electrons. The highest BCUT2D eigenvalue weighted by molar-refractivity contribution is 6.02. The van der Waals surface area contributed by atoms with Crippen molar-refractivity contribution in [1.29, 1.82) is 0 Å². The number of hydrogen-bond acceptors (Lipinski definition) is 6. The van der Waals surface area contributed by atoms with Gasteiger partial charge in [-0.25, -0.2) is 9.67 Å². The van der Waals surface area contributed by atoms with Crippen molar-refractivity contribution in [2.75, 3.05) is 23.7 Å². The van der Waals surface area contributed by atoms with Gasteiger partial charge in [-0.3, -0.25) is 4.79 Å². The molecule has 0 spiro atoms. The van der Waals surface area contributed by atoms with E-state index in [0.29, 0.717) is 23.2 Å². The molecule has 3 aromatic rings. The van der Waals surface area contributed by atoms with Crippen molar-refractivity contribution in [2.24, 2.45) is 0 Å². The molecule has 0 bridgehead atoms. The predicted molar refractivity (Wildman–Crippen MR) is 118 cm³/mol. The van der Waals surface area contributed by atoms with E-state index in [9.17, 15) is 4.79 Å². The van der Waals surface area contributed by atoms with Gasteiger partial charge in [0.2, 0.25) is 0 Å². The molecule has 1 amide bonds. The summed E-state index contributed by atoms with van der Waals surface area (Å²) in [5, 5.41) is 17.4. The smallest absolute Gasteiger partial charge is 0.277 e. The summed E-state index contributed by atoms with van der Waals surface area (Å²) in [5.41, 5.74) is 1.87. The zero-order chi connectivity index (χ0) is 18.5. The molecule has 3 heterocycles. The van der Waals surface area contributed by atoms with Crippen LogP contribution >= 0.6 is 24.8 Å². The van der Waals surface area contributed by atoms with Crippen LogP contribution < -0.4 is 16.0 Å². The highest BCUT2D eigenvalue weighted by Crippen LogP contribution is 2.18. The summed E-state index contributed by atoms with van der Waals surface area (Å²) in [6.07, 6.45) is 5.30. The second-order valence-electron chi connectivity index (χ2n) is 6.44. The second kappa shape index (κ2) is 10.8. The van der Waals surface area contributed by atoms with Gasteiger partial charge in [-0.2, -0.15) is 0 Å². The van der Waals surface area contributed by atoms with Crippen LogP contribution in [0.1, 0.15) is 29.4 Å². The Morgan fingerprint density at radius 2 is 1.79 bits per heavy atom. The predicted octanol–water partition coefficient (Wildman–Crippen LogP) is 3.44. The maximum Gasteiger partial charge on any atom is 0.277 e. The van der Waals surface area contributed by atoms with E-state index in [2.05, 4.69) is 31.2 Å². The highest BCUT2D eigenvalue weighted by atomic mass is 35.5. The lowest BCUT2D eigenvalue weighted by Crippen LogP contribution is -2.29. The fourth-order valence-corrected chi connectivity index (χ4v) is 3.04. The van der Waals surface area contributed by atoms with Crippen LogP contribution in [0.15, 0.2) is 54.9 Å². The summed E-state index contributed by atoms with van der Waals surface area (Å²) >= 11 is 0. The molecule has 0 saturated carbocycles. The van der Waals surface area contributed by atoms with E-state index in [1.807, 2.05) is 36.4 Å². The van der Waals surface area contributed by atoms with E-state index < -0.39 is 0 Å². The molecule has 0 aliphatic carbocycles. The number of amides is 1. The number of piperidine rings is 1. The van der Waals surface area contributed by atoms with Gasteiger partial charge in [-0.05, 0) is 50.2 Å². The van der Waals surface area contributed by atoms with Gasteiger partial charge in [0, 0.05) is 5.69 Å². The van der Waals surface area contributed by atoms with Gasteiger partial charge in [0.25, 0.3) is 5.91 Å². The quantitative estimate of drug-likeness (QED) is 0.567. The minimum absolute atomic E-state index is 0. The number of hydrogen-bond donors (Lipinski definition) is 3. The summed E-state index contributed by atoms with van der Waals surface area (Å²) in [4.78, 5) is 16.7. The summed E-state index contributed by atoms with van der Waals surface area (Å²) in [7, 11) is 0. The average molecular weight is 436 g/mol. The molecule has 29 heavy (non-hydrogen) atoms. The van der Waals surface area contributed by atoms with Gasteiger partial charge in [0.15, 0.2) is 5.69 Å². The Morgan fingerprint density at radius 3 is 2.48 bits per heavy atom. The minimum Gasteiger partial charge on any atom is -0.340 e. The first kappa shape index (κ1) is 22.6. The van der Waals surface area contributed by atoms with Crippen molar-refractivity contribution in [2.45, 2.75) is 18.9 Å². The molecule has 10 heteroatoms. The lowest BCUT2D eigenvalue weighted by molar-refractivity contribution is 0.102. The Kier molecular flexibility index (Phi) is 8.38. The van der Waals surface area contributed by atoms with Crippen LogP contribution in [-0.2, 0) is 0 Å². The Labute approximate surface area is 181 Å². The Hall–Kier alpha value is -2.68. The molecule has 1 aromatic carbocycles. The number of aromatic nitrogens is 4. The van der Waals surface area contributed by atoms with E-state index in [4.69, 9.17) is 0 Å². The van der Waals surface area contributed by atoms with Crippen LogP contribution in [0.4, 0.5) is 17.2 Å². The third kappa shape index (κ3) is 5.90. The van der Waals surface area contributed by atoms with Crippen molar-refractivity contribution >= 4 is 47.9 Å². The van der Waals surface area contributed by atoms with Crippen LogP contribution in [0.3, 0.4) is 0 Å². The van der Waals surface area contributed by atoms with Gasteiger partial charge in [-0.15, -0.1) is 29.9 Å². The number of pyridine rings is 1. The molecule has 0 atom stereocenters. The van der Waals surface area contributed by atoms with Crippen LogP contribution in [0.25, 0.3) is 0 Å². The van der Waals surface area contributed by atoms with Crippen LogP contribution in [0, 0.1) is 0 Å². The topological polar surface area (TPSA) is 96.8 Å². The molecular formula is C19H23Cl2N7O. The maximum absolute atomic E-state index is 12.4. The molecule has 1 saturated heterocycles. The van der Waals surface area contributed by atoms with Gasteiger partial charge >= 0.3 is 0 Å². The minimum atomic E-state index is -0.291. The first-order valence-corrected chi connectivity index (χ1v) is 9.00. The fraction of sp³-hybridized carbons (Fsp3) is 0.263. The number of nitrogens with zero attached hydrogens (tertiary/aromatic N) is 4. The van der Waals surface area contributed by atoms with E-state index in [0.717, 1.165) is 31.6 Å². The molecule has 1 aliphatic heterocycles. The fourth-order valence-electron chi connectivity index (χ4n) is 3.04. The number of anilines is 3. The van der Waals surface area contributed by atoms with Gasteiger partial charge in [0.1, 0.15) is 5.82 Å². The number of rotatable bonds is 5. The number of benzene rings is 1. The first-order valence-electron chi connectivity index (χ1n) is 9.00. The molecule has 154 valence electrons. The lowest BCUT2D eigenvalue weighted by Gasteiger charge is -2.22. The van der Waals surface area contributed by atoms with Crippen molar-refractivity contribution in [3.8, 4) is 0 Å². The standard InChI is InChI=1S/C19H21N7O.2ClH/c27-19(17-13-26(25-24-17)16-8-10-20-11-9-16)23-15-6-7-18(21-12-15)22-14-4-2-1-3-5-14;;/h1-7,12-13,16,20H,8-11H2,(H,21,22)(H,23,27);2*1H. The molecular weight excluding hydrogens is 413 g/mol. The Bertz CT molecular complexity index is 896. The third-order valence-electron chi connectivity index (χ3n) is 4.49. The van der Waals surface area contributed by atoms with Crippen LogP contribution in [-0.4, -0.2) is 39.0 Å². The van der Waals surface area contributed by atoms with Gasteiger partial charge < -0.3 is 16.0 Å². The first-order chi connectivity index (χ1) is 13.3. The van der Waals surface area contributed by atoms with Crippen LogP contribution in [0.5, 0.6) is 0 Å². The van der Waals surface area contributed by atoms with Gasteiger partial charge in [0.05, 0.1) is 24.1 Å². The van der Waals surface area contributed by atoms with E-state index >= 15 is 0 Å². The number of nitrogens with one attached hydrogen (secondary N) is 3. The second-order valence-corrected chi connectivity index (χ2v) is 6.44. The summed E-state index contributed by atoms with van der Waals surface area (Å²) in [6, 6.07) is 13.7. The summed E-state index contributed by atoms with van der Waals surface area (Å²) < 4.78 is 1.79. The summed E-state index contributed by atoms with van der Waals surface area (Å²) in [6.45, 7) is 1.92. The van der Waals surface area contributed by atoms with Crippen LogP contribution in [0.2, 0.25) is 0 Å². The van der Waals surface area contributed by atoms with Crippen molar-refractivity contribution in [1.82, 2.24) is 25.3 Å². The molecule has 1 aliphatic rings. The van der Waals surface area contributed by atoms with Crippen molar-refractivity contribution in [3.63, 3.8) is 0 Å².